The predicted octanol–water partition coefficient (Wildman–Crippen LogP) is 2.78. The Balaban J connectivity index is 3.50. The van der Waals surface area contributed by atoms with Crippen LogP contribution in [0.1, 0.15) is 33.1 Å². The molecular formula is C9H15F. The molecule has 0 rings (SSSR count). The minimum absolute atomic E-state index is 0.126. The second kappa shape index (κ2) is 5.29. The van der Waals surface area contributed by atoms with Gasteiger partial charge >= 0.3 is 0 Å². The van der Waals surface area contributed by atoms with E-state index in [0.29, 0.717) is 0 Å². The van der Waals surface area contributed by atoms with Gasteiger partial charge in [0.25, 0.3) is 0 Å². The van der Waals surface area contributed by atoms with Crippen LogP contribution in [0.3, 0.4) is 0 Å². The fourth-order valence-corrected chi connectivity index (χ4v) is 0.950. The maximum atomic E-state index is 12.8. The summed E-state index contributed by atoms with van der Waals surface area (Å²) in [5.74, 6) is 2.46. The third-order valence-corrected chi connectivity index (χ3v) is 1.67. The molecule has 10 heavy (non-hydrogen) atoms. The van der Waals surface area contributed by atoms with Crippen LogP contribution in [0.4, 0.5) is 4.39 Å². The number of alkyl halides is 1. The first-order valence-electron chi connectivity index (χ1n) is 3.79. The topological polar surface area (TPSA) is 0 Å². The maximum absolute atomic E-state index is 12.8. The van der Waals surface area contributed by atoms with Gasteiger partial charge in [-0.25, -0.2) is 4.39 Å². The van der Waals surface area contributed by atoms with E-state index in [0.717, 1.165) is 12.8 Å². The minimum atomic E-state index is -0.801. The Morgan fingerprint density at radius 2 is 2.20 bits per heavy atom. The Kier molecular flexibility index (Phi) is 5.02. The molecule has 58 valence electrons. The van der Waals surface area contributed by atoms with Crippen molar-refractivity contribution in [3.8, 4) is 12.3 Å². The highest BCUT2D eigenvalue weighted by molar-refractivity contribution is 4.88. The summed E-state index contributed by atoms with van der Waals surface area (Å²) in [4.78, 5) is 0. The van der Waals surface area contributed by atoms with E-state index in [1.54, 1.807) is 0 Å². The monoisotopic (exact) mass is 142 g/mol. The van der Waals surface area contributed by atoms with Crippen LogP contribution in [0, 0.1) is 18.3 Å². The van der Waals surface area contributed by atoms with E-state index in [-0.39, 0.29) is 12.3 Å². The predicted molar refractivity (Wildman–Crippen MR) is 42.4 cm³/mol. The second-order valence-corrected chi connectivity index (χ2v) is 2.69. The molecular weight excluding hydrogens is 127 g/mol. The molecule has 0 aliphatic rings. The van der Waals surface area contributed by atoms with Gasteiger partial charge in [0, 0.05) is 6.42 Å². The molecule has 0 N–H and O–H groups in total. The largest absolute Gasteiger partial charge is 0.246 e. The molecule has 0 saturated heterocycles. The molecule has 2 unspecified atom stereocenters. The molecule has 0 saturated carbocycles. The van der Waals surface area contributed by atoms with Crippen LogP contribution in [0.25, 0.3) is 0 Å². The van der Waals surface area contributed by atoms with Crippen molar-refractivity contribution in [1.82, 2.24) is 0 Å². The summed E-state index contributed by atoms with van der Waals surface area (Å²) in [6.07, 6.45) is 6.40. The normalized spacial score (nSPS) is 15.8. The van der Waals surface area contributed by atoms with Gasteiger partial charge in [-0.1, -0.05) is 20.3 Å². The van der Waals surface area contributed by atoms with Crippen LogP contribution in [-0.4, -0.2) is 6.17 Å². The van der Waals surface area contributed by atoms with Crippen LogP contribution in [-0.2, 0) is 0 Å². The Bertz CT molecular complexity index is 112. The van der Waals surface area contributed by atoms with Gasteiger partial charge in [-0.15, -0.1) is 12.3 Å². The lowest BCUT2D eigenvalue weighted by Crippen LogP contribution is -2.11. The standard InChI is InChI=1S/C9H15F/c1-4-6-8(3)9(10)7-5-2/h2,8-9H,4,6-7H2,1,3H3. The Morgan fingerprint density at radius 1 is 1.60 bits per heavy atom. The van der Waals surface area contributed by atoms with Crippen LogP contribution in [0.15, 0.2) is 0 Å². The van der Waals surface area contributed by atoms with Gasteiger partial charge in [-0.05, 0) is 12.3 Å². The highest BCUT2D eigenvalue weighted by Crippen LogP contribution is 2.15. The van der Waals surface area contributed by atoms with Crippen molar-refractivity contribution in [3.05, 3.63) is 0 Å². The maximum Gasteiger partial charge on any atom is 0.114 e. The molecule has 0 fully saturated rings. The first-order chi connectivity index (χ1) is 4.72. The lowest BCUT2D eigenvalue weighted by Gasteiger charge is -2.12. The van der Waals surface area contributed by atoms with Crippen molar-refractivity contribution in [2.75, 3.05) is 0 Å². The summed E-state index contributed by atoms with van der Waals surface area (Å²) in [7, 11) is 0. The molecule has 0 aliphatic heterocycles. The Labute approximate surface area is 62.8 Å². The van der Waals surface area contributed by atoms with E-state index in [2.05, 4.69) is 12.8 Å². The molecule has 0 aromatic carbocycles. The summed E-state index contributed by atoms with van der Waals surface area (Å²) >= 11 is 0. The van der Waals surface area contributed by atoms with Gasteiger partial charge in [0.2, 0.25) is 0 Å². The van der Waals surface area contributed by atoms with Gasteiger partial charge in [0.1, 0.15) is 6.17 Å². The molecule has 2 atom stereocenters. The average Bonchev–Trinajstić information content (AvgIpc) is 1.89. The molecule has 0 heterocycles. The van der Waals surface area contributed by atoms with E-state index in [1.165, 1.54) is 0 Å². The SMILES string of the molecule is C#CCC(F)C(C)CCC. The summed E-state index contributed by atoms with van der Waals surface area (Å²) < 4.78 is 12.8. The Hall–Kier alpha value is -0.510. The number of hydrogen-bond acceptors (Lipinski definition) is 0. The number of rotatable bonds is 4. The number of hydrogen-bond donors (Lipinski definition) is 0. The molecule has 0 radical (unpaired) electrons. The molecule has 0 bridgehead atoms. The van der Waals surface area contributed by atoms with Gasteiger partial charge in [-0.3, -0.25) is 0 Å². The van der Waals surface area contributed by atoms with Crippen molar-refractivity contribution in [2.45, 2.75) is 39.3 Å². The van der Waals surface area contributed by atoms with Crippen LogP contribution < -0.4 is 0 Å². The molecule has 0 spiro atoms. The highest BCUT2D eigenvalue weighted by Gasteiger charge is 2.12. The average molecular weight is 142 g/mol. The van der Waals surface area contributed by atoms with Gasteiger partial charge in [-0.2, -0.15) is 0 Å². The lowest BCUT2D eigenvalue weighted by molar-refractivity contribution is 0.235. The van der Waals surface area contributed by atoms with E-state index < -0.39 is 6.17 Å². The van der Waals surface area contributed by atoms with Crippen molar-refractivity contribution < 1.29 is 4.39 Å². The highest BCUT2D eigenvalue weighted by atomic mass is 19.1. The minimum Gasteiger partial charge on any atom is -0.246 e. The first-order valence-corrected chi connectivity index (χ1v) is 3.79. The number of terminal acetylenes is 1. The summed E-state index contributed by atoms with van der Waals surface area (Å²) in [6, 6.07) is 0. The molecule has 0 aromatic heterocycles. The van der Waals surface area contributed by atoms with Crippen molar-refractivity contribution in [3.63, 3.8) is 0 Å². The summed E-state index contributed by atoms with van der Waals surface area (Å²) in [5.41, 5.74) is 0. The van der Waals surface area contributed by atoms with Crippen LogP contribution >= 0.6 is 0 Å². The molecule has 0 nitrogen and oxygen atoms in total. The summed E-state index contributed by atoms with van der Waals surface area (Å²) in [5, 5.41) is 0. The molecule has 1 heteroatoms. The van der Waals surface area contributed by atoms with Crippen LogP contribution in [0.2, 0.25) is 0 Å². The quantitative estimate of drug-likeness (QED) is 0.529. The third kappa shape index (κ3) is 3.50. The third-order valence-electron chi connectivity index (χ3n) is 1.67. The molecule has 0 aliphatic carbocycles. The molecule has 0 amide bonds. The Morgan fingerprint density at radius 3 is 2.60 bits per heavy atom. The van der Waals surface area contributed by atoms with Gasteiger partial charge in [0.15, 0.2) is 0 Å². The fourth-order valence-electron chi connectivity index (χ4n) is 0.950. The molecule has 0 aromatic rings. The van der Waals surface area contributed by atoms with E-state index >= 15 is 0 Å². The first kappa shape index (κ1) is 9.49. The zero-order chi connectivity index (χ0) is 7.98. The van der Waals surface area contributed by atoms with E-state index in [9.17, 15) is 4.39 Å². The number of halogens is 1. The van der Waals surface area contributed by atoms with Crippen molar-refractivity contribution in [2.24, 2.45) is 5.92 Å². The van der Waals surface area contributed by atoms with E-state index in [1.807, 2.05) is 6.92 Å². The van der Waals surface area contributed by atoms with Gasteiger partial charge < -0.3 is 0 Å². The second-order valence-electron chi connectivity index (χ2n) is 2.69. The zero-order valence-corrected chi connectivity index (χ0v) is 6.73. The van der Waals surface area contributed by atoms with E-state index in [4.69, 9.17) is 6.42 Å². The summed E-state index contributed by atoms with van der Waals surface area (Å²) in [6.45, 7) is 3.96. The van der Waals surface area contributed by atoms with Crippen molar-refractivity contribution in [1.29, 1.82) is 0 Å². The smallest absolute Gasteiger partial charge is 0.114 e. The van der Waals surface area contributed by atoms with Crippen LogP contribution in [0.5, 0.6) is 0 Å². The fraction of sp³-hybridized carbons (Fsp3) is 0.778. The van der Waals surface area contributed by atoms with Gasteiger partial charge in [0.05, 0.1) is 0 Å². The zero-order valence-electron chi connectivity index (χ0n) is 6.73. The van der Waals surface area contributed by atoms with Crippen molar-refractivity contribution >= 4 is 0 Å². The lowest BCUT2D eigenvalue weighted by atomic mass is 9.99.